The Bertz CT molecular complexity index is 527. The summed E-state index contributed by atoms with van der Waals surface area (Å²) in [5.41, 5.74) is 0.890. The van der Waals surface area contributed by atoms with E-state index < -0.39 is 5.82 Å². The normalized spacial score (nSPS) is 10.8. The van der Waals surface area contributed by atoms with Crippen molar-refractivity contribution in [3.63, 3.8) is 0 Å². The van der Waals surface area contributed by atoms with Gasteiger partial charge in [0.2, 0.25) is 0 Å². The maximum atomic E-state index is 13.0. The minimum atomic E-state index is -0.410. The fourth-order valence-electron chi connectivity index (χ4n) is 1.55. The molecule has 0 fully saturated rings. The number of benzene rings is 1. The molecular formula is C12H14ClFN4. The highest BCUT2D eigenvalue weighted by Gasteiger charge is 2.04. The molecule has 1 aromatic carbocycles. The standard InChI is InChI=1S/C12H14ClFN4/c1-2-15-6-12-16-8-18(17-12)7-9-3-4-11(14)10(13)5-9/h3-5,8,15H,2,6-7H2,1H3. The Morgan fingerprint density at radius 1 is 1.44 bits per heavy atom. The number of nitrogens with zero attached hydrogens (tertiary/aromatic N) is 3. The van der Waals surface area contributed by atoms with Crippen LogP contribution in [0.4, 0.5) is 4.39 Å². The summed E-state index contributed by atoms with van der Waals surface area (Å²) in [6.07, 6.45) is 1.66. The molecule has 0 aliphatic rings. The van der Waals surface area contributed by atoms with E-state index in [1.807, 2.05) is 6.92 Å². The molecule has 4 nitrogen and oxygen atoms in total. The van der Waals surface area contributed by atoms with Crippen LogP contribution in [-0.4, -0.2) is 21.3 Å². The van der Waals surface area contributed by atoms with Gasteiger partial charge in [-0.3, -0.25) is 0 Å². The van der Waals surface area contributed by atoms with Crippen LogP contribution in [0.25, 0.3) is 0 Å². The highest BCUT2D eigenvalue weighted by atomic mass is 35.5. The first-order valence-corrected chi connectivity index (χ1v) is 6.10. The van der Waals surface area contributed by atoms with Crippen molar-refractivity contribution in [2.24, 2.45) is 0 Å². The molecule has 2 aromatic rings. The molecule has 1 heterocycles. The zero-order valence-electron chi connectivity index (χ0n) is 10.0. The van der Waals surface area contributed by atoms with Crippen LogP contribution in [0.5, 0.6) is 0 Å². The van der Waals surface area contributed by atoms with E-state index in [-0.39, 0.29) is 5.02 Å². The summed E-state index contributed by atoms with van der Waals surface area (Å²) in [6, 6.07) is 4.64. The molecule has 0 saturated heterocycles. The maximum absolute atomic E-state index is 13.0. The van der Waals surface area contributed by atoms with Crippen molar-refractivity contribution in [2.75, 3.05) is 6.54 Å². The van der Waals surface area contributed by atoms with Crippen LogP contribution in [0.15, 0.2) is 24.5 Å². The second-order valence-electron chi connectivity index (χ2n) is 3.89. The van der Waals surface area contributed by atoms with Crippen LogP contribution in [0, 0.1) is 5.82 Å². The second kappa shape index (κ2) is 5.93. The molecule has 0 saturated carbocycles. The van der Waals surface area contributed by atoms with E-state index in [1.165, 1.54) is 6.07 Å². The quantitative estimate of drug-likeness (QED) is 0.904. The first kappa shape index (κ1) is 13.0. The molecule has 1 N–H and O–H groups in total. The lowest BCUT2D eigenvalue weighted by Crippen LogP contribution is -2.13. The summed E-state index contributed by atoms with van der Waals surface area (Å²) in [5, 5.41) is 7.58. The Kier molecular flexibility index (Phi) is 4.28. The monoisotopic (exact) mass is 268 g/mol. The highest BCUT2D eigenvalue weighted by Crippen LogP contribution is 2.16. The lowest BCUT2D eigenvalue weighted by atomic mass is 10.2. The van der Waals surface area contributed by atoms with Gasteiger partial charge < -0.3 is 5.32 Å². The van der Waals surface area contributed by atoms with E-state index >= 15 is 0 Å². The van der Waals surface area contributed by atoms with E-state index in [1.54, 1.807) is 23.1 Å². The summed E-state index contributed by atoms with van der Waals surface area (Å²) >= 11 is 5.72. The van der Waals surface area contributed by atoms with Crippen LogP contribution < -0.4 is 5.32 Å². The van der Waals surface area contributed by atoms with Crippen molar-refractivity contribution in [3.05, 3.63) is 46.8 Å². The van der Waals surface area contributed by atoms with Gasteiger partial charge in [-0.1, -0.05) is 24.6 Å². The van der Waals surface area contributed by atoms with Crippen LogP contribution in [-0.2, 0) is 13.1 Å². The van der Waals surface area contributed by atoms with Crippen molar-refractivity contribution >= 4 is 11.6 Å². The average molecular weight is 269 g/mol. The average Bonchev–Trinajstić information content (AvgIpc) is 2.79. The lowest BCUT2D eigenvalue weighted by Gasteiger charge is -2.02. The SMILES string of the molecule is CCNCc1ncn(Cc2ccc(F)c(Cl)c2)n1. The van der Waals surface area contributed by atoms with Crippen LogP contribution in [0.1, 0.15) is 18.3 Å². The number of halogens is 2. The molecule has 0 amide bonds. The molecule has 0 aliphatic heterocycles. The number of hydrogen-bond donors (Lipinski definition) is 1. The Hall–Kier alpha value is -1.46. The van der Waals surface area contributed by atoms with Gasteiger partial charge in [0.1, 0.15) is 12.1 Å². The van der Waals surface area contributed by atoms with Gasteiger partial charge in [0.15, 0.2) is 5.82 Å². The first-order chi connectivity index (χ1) is 8.69. The third-order valence-corrected chi connectivity index (χ3v) is 2.74. The Balaban J connectivity index is 2.04. The van der Waals surface area contributed by atoms with Gasteiger partial charge in [0.25, 0.3) is 0 Å². The van der Waals surface area contributed by atoms with E-state index in [2.05, 4.69) is 15.4 Å². The van der Waals surface area contributed by atoms with Gasteiger partial charge in [-0.15, -0.1) is 0 Å². The smallest absolute Gasteiger partial charge is 0.164 e. The van der Waals surface area contributed by atoms with E-state index in [0.29, 0.717) is 13.1 Å². The molecule has 0 atom stereocenters. The highest BCUT2D eigenvalue weighted by molar-refractivity contribution is 6.30. The zero-order valence-corrected chi connectivity index (χ0v) is 10.8. The topological polar surface area (TPSA) is 42.7 Å². The van der Waals surface area contributed by atoms with Crippen LogP contribution >= 0.6 is 11.6 Å². The van der Waals surface area contributed by atoms with Gasteiger partial charge in [-0.2, -0.15) is 5.10 Å². The number of hydrogen-bond acceptors (Lipinski definition) is 3. The van der Waals surface area contributed by atoms with Crippen LogP contribution in [0.2, 0.25) is 5.02 Å². The second-order valence-corrected chi connectivity index (χ2v) is 4.29. The van der Waals surface area contributed by atoms with Gasteiger partial charge in [0.05, 0.1) is 18.1 Å². The number of nitrogens with one attached hydrogen (secondary N) is 1. The van der Waals surface area contributed by atoms with Crippen molar-refractivity contribution in [3.8, 4) is 0 Å². The third kappa shape index (κ3) is 3.27. The summed E-state index contributed by atoms with van der Waals surface area (Å²) in [5.74, 6) is 0.330. The molecule has 6 heteroatoms. The fourth-order valence-corrected chi connectivity index (χ4v) is 1.76. The first-order valence-electron chi connectivity index (χ1n) is 5.72. The minimum Gasteiger partial charge on any atom is -0.310 e. The predicted octanol–water partition coefficient (Wildman–Crippen LogP) is 2.23. The molecule has 1 aromatic heterocycles. The van der Waals surface area contributed by atoms with Crippen molar-refractivity contribution in [1.29, 1.82) is 0 Å². The van der Waals surface area contributed by atoms with Gasteiger partial charge >= 0.3 is 0 Å². The van der Waals surface area contributed by atoms with E-state index in [0.717, 1.165) is 17.9 Å². The van der Waals surface area contributed by atoms with Gasteiger partial charge in [-0.05, 0) is 24.2 Å². The van der Waals surface area contributed by atoms with Gasteiger partial charge in [-0.25, -0.2) is 14.1 Å². The minimum absolute atomic E-state index is 0.125. The molecule has 0 radical (unpaired) electrons. The molecule has 18 heavy (non-hydrogen) atoms. The Morgan fingerprint density at radius 3 is 3.00 bits per heavy atom. The fraction of sp³-hybridized carbons (Fsp3) is 0.333. The van der Waals surface area contributed by atoms with E-state index in [4.69, 9.17) is 11.6 Å². The van der Waals surface area contributed by atoms with Crippen molar-refractivity contribution < 1.29 is 4.39 Å². The zero-order chi connectivity index (χ0) is 13.0. The number of rotatable bonds is 5. The molecule has 0 unspecified atom stereocenters. The predicted molar refractivity (Wildman–Crippen MR) is 67.9 cm³/mol. The molecule has 0 aliphatic carbocycles. The van der Waals surface area contributed by atoms with E-state index in [9.17, 15) is 4.39 Å². The molecule has 0 bridgehead atoms. The molecular weight excluding hydrogens is 255 g/mol. The summed E-state index contributed by atoms with van der Waals surface area (Å²) < 4.78 is 14.7. The van der Waals surface area contributed by atoms with Gasteiger partial charge in [0, 0.05) is 0 Å². The maximum Gasteiger partial charge on any atom is 0.164 e. The molecule has 0 spiro atoms. The third-order valence-electron chi connectivity index (χ3n) is 2.45. The Morgan fingerprint density at radius 2 is 2.28 bits per heavy atom. The summed E-state index contributed by atoms with van der Waals surface area (Å²) in [4.78, 5) is 4.17. The summed E-state index contributed by atoms with van der Waals surface area (Å²) in [6.45, 7) is 4.08. The Labute approximate surface area is 110 Å². The lowest BCUT2D eigenvalue weighted by molar-refractivity contribution is 0.622. The van der Waals surface area contributed by atoms with Crippen molar-refractivity contribution in [2.45, 2.75) is 20.0 Å². The van der Waals surface area contributed by atoms with Crippen LogP contribution in [0.3, 0.4) is 0 Å². The summed E-state index contributed by atoms with van der Waals surface area (Å²) in [7, 11) is 0. The van der Waals surface area contributed by atoms with Crippen molar-refractivity contribution in [1.82, 2.24) is 20.1 Å². The largest absolute Gasteiger partial charge is 0.310 e. The molecule has 2 rings (SSSR count). The molecule has 96 valence electrons. The number of aromatic nitrogens is 3.